The molecule has 104 valence electrons. The van der Waals surface area contributed by atoms with Crippen molar-refractivity contribution in [3.63, 3.8) is 0 Å². The van der Waals surface area contributed by atoms with Crippen molar-refractivity contribution in [2.24, 2.45) is 5.92 Å². The molecule has 0 spiro atoms. The number of hydrogen-bond acceptors (Lipinski definition) is 4. The standard InChI is InChI=1S/C11H12ClNO5S/c12-10-2-1-8(3-9(10)11(15)16)19(17,18)13-4-7(5-13)6-14/h1-3,7,14H,4-6H2,(H,15,16). The van der Waals surface area contributed by atoms with Crippen LogP contribution in [-0.2, 0) is 10.0 Å². The average Bonchev–Trinajstić information content (AvgIpc) is 2.27. The van der Waals surface area contributed by atoms with Crippen molar-refractivity contribution >= 4 is 27.6 Å². The zero-order valence-corrected chi connectivity index (χ0v) is 11.4. The second kappa shape index (κ2) is 5.09. The molecule has 19 heavy (non-hydrogen) atoms. The fraction of sp³-hybridized carbons (Fsp3) is 0.364. The van der Waals surface area contributed by atoms with Crippen LogP contribution in [0.25, 0.3) is 0 Å². The van der Waals surface area contributed by atoms with E-state index in [2.05, 4.69) is 0 Å². The Kier molecular flexibility index (Phi) is 3.82. The van der Waals surface area contributed by atoms with Gasteiger partial charge in [0.05, 0.1) is 15.5 Å². The van der Waals surface area contributed by atoms with Gasteiger partial charge in [-0.2, -0.15) is 4.31 Å². The van der Waals surface area contributed by atoms with Gasteiger partial charge in [0.1, 0.15) is 0 Å². The van der Waals surface area contributed by atoms with Crippen LogP contribution in [0.2, 0.25) is 5.02 Å². The molecule has 0 radical (unpaired) electrons. The number of benzene rings is 1. The van der Waals surface area contributed by atoms with Crippen LogP contribution >= 0.6 is 11.6 Å². The minimum Gasteiger partial charge on any atom is -0.478 e. The number of hydrogen-bond donors (Lipinski definition) is 2. The van der Waals surface area contributed by atoms with Crippen molar-refractivity contribution in [1.82, 2.24) is 4.31 Å². The quantitative estimate of drug-likeness (QED) is 0.851. The van der Waals surface area contributed by atoms with E-state index in [9.17, 15) is 13.2 Å². The van der Waals surface area contributed by atoms with Gasteiger partial charge in [0, 0.05) is 25.6 Å². The summed E-state index contributed by atoms with van der Waals surface area (Å²) in [5, 5.41) is 17.8. The van der Waals surface area contributed by atoms with Crippen LogP contribution in [-0.4, -0.2) is 48.6 Å². The van der Waals surface area contributed by atoms with E-state index in [-0.39, 0.29) is 41.1 Å². The van der Waals surface area contributed by atoms with Gasteiger partial charge in [-0.1, -0.05) is 11.6 Å². The Balaban J connectivity index is 2.32. The van der Waals surface area contributed by atoms with E-state index in [1.807, 2.05) is 0 Å². The minimum absolute atomic E-state index is 0.0108. The normalized spacial score (nSPS) is 17.2. The monoisotopic (exact) mass is 305 g/mol. The number of aliphatic hydroxyl groups is 1. The maximum absolute atomic E-state index is 12.2. The van der Waals surface area contributed by atoms with Crippen molar-refractivity contribution in [3.05, 3.63) is 28.8 Å². The van der Waals surface area contributed by atoms with Crippen LogP contribution in [0.15, 0.2) is 23.1 Å². The number of aromatic carboxylic acids is 1. The maximum Gasteiger partial charge on any atom is 0.337 e. The number of halogens is 1. The van der Waals surface area contributed by atoms with Crippen molar-refractivity contribution in [3.8, 4) is 0 Å². The third-order valence-corrected chi connectivity index (χ3v) is 5.15. The Labute approximate surface area is 115 Å². The first-order chi connectivity index (χ1) is 8.86. The summed E-state index contributed by atoms with van der Waals surface area (Å²) in [4.78, 5) is 10.8. The van der Waals surface area contributed by atoms with Crippen LogP contribution in [0, 0.1) is 5.92 Å². The second-order valence-electron chi connectivity index (χ2n) is 4.32. The van der Waals surface area contributed by atoms with Crippen LogP contribution in [0.3, 0.4) is 0 Å². The van der Waals surface area contributed by atoms with Crippen LogP contribution in [0.4, 0.5) is 0 Å². The first kappa shape index (κ1) is 14.3. The lowest BCUT2D eigenvalue weighted by molar-refractivity contribution is 0.0697. The minimum atomic E-state index is -3.72. The number of carboxylic acid groups (broad SMARTS) is 1. The molecule has 0 saturated carbocycles. The van der Waals surface area contributed by atoms with E-state index in [0.717, 1.165) is 6.07 Å². The molecule has 0 unspecified atom stereocenters. The highest BCUT2D eigenvalue weighted by Gasteiger charge is 2.36. The predicted molar refractivity (Wildman–Crippen MR) is 67.7 cm³/mol. The lowest BCUT2D eigenvalue weighted by Gasteiger charge is -2.36. The molecule has 6 nitrogen and oxygen atoms in total. The number of carbonyl (C=O) groups is 1. The number of aliphatic hydroxyl groups excluding tert-OH is 1. The molecule has 0 aromatic heterocycles. The van der Waals surface area contributed by atoms with E-state index >= 15 is 0 Å². The summed E-state index contributed by atoms with van der Waals surface area (Å²) in [6.07, 6.45) is 0. The highest BCUT2D eigenvalue weighted by Crippen LogP contribution is 2.27. The molecule has 1 aliphatic heterocycles. The summed E-state index contributed by atoms with van der Waals surface area (Å²) >= 11 is 5.69. The fourth-order valence-corrected chi connectivity index (χ4v) is 3.63. The van der Waals surface area contributed by atoms with Gasteiger partial charge >= 0.3 is 5.97 Å². The lowest BCUT2D eigenvalue weighted by atomic mass is 10.1. The molecule has 0 amide bonds. The number of sulfonamides is 1. The van der Waals surface area contributed by atoms with E-state index in [0.29, 0.717) is 0 Å². The molecular weight excluding hydrogens is 294 g/mol. The van der Waals surface area contributed by atoms with Crippen LogP contribution in [0.1, 0.15) is 10.4 Å². The van der Waals surface area contributed by atoms with Gasteiger partial charge in [-0.3, -0.25) is 0 Å². The summed E-state index contributed by atoms with van der Waals surface area (Å²) in [5.41, 5.74) is -0.248. The Bertz CT molecular complexity index is 610. The van der Waals surface area contributed by atoms with Gasteiger partial charge in [0.25, 0.3) is 0 Å². The van der Waals surface area contributed by atoms with Gasteiger partial charge in [0.15, 0.2) is 0 Å². The summed E-state index contributed by atoms with van der Waals surface area (Å²) < 4.78 is 25.5. The molecule has 0 aliphatic carbocycles. The molecule has 0 bridgehead atoms. The molecule has 1 aromatic carbocycles. The fourth-order valence-electron chi connectivity index (χ4n) is 1.81. The molecule has 0 atom stereocenters. The largest absolute Gasteiger partial charge is 0.478 e. The summed E-state index contributed by atoms with van der Waals surface area (Å²) in [6, 6.07) is 3.57. The number of nitrogens with zero attached hydrogens (tertiary/aromatic N) is 1. The smallest absolute Gasteiger partial charge is 0.337 e. The molecular formula is C11H12ClNO5S. The highest BCUT2D eigenvalue weighted by atomic mass is 35.5. The van der Waals surface area contributed by atoms with E-state index in [1.165, 1.54) is 16.4 Å². The van der Waals surface area contributed by atoms with Gasteiger partial charge < -0.3 is 10.2 Å². The third-order valence-electron chi connectivity index (χ3n) is 2.99. The molecule has 1 aromatic rings. The summed E-state index contributed by atoms with van der Waals surface area (Å²) in [6.45, 7) is 0.417. The van der Waals surface area contributed by atoms with Crippen molar-refractivity contribution in [1.29, 1.82) is 0 Å². The molecule has 2 rings (SSSR count). The SMILES string of the molecule is O=C(O)c1cc(S(=O)(=O)N2CC(CO)C2)ccc1Cl. The van der Waals surface area contributed by atoms with Gasteiger partial charge in [-0.25, -0.2) is 13.2 Å². The average molecular weight is 306 g/mol. The Hall–Kier alpha value is -1.15. The van der Waals surface area contributed by atoms with Crippen molar-refractivity contribution in [2.75, 3.05) is 19.7 Å². The van der Waals surface area contributed by atoms with Gasteiger partial charge in [0.2, 0.25) is 10.0 Å². The van der Waals surface area contributed by atoms with Gasteiger partial charge in [-0.05, 0) is 18.2 Å². The van der Waals surface area contributed by atoms with Crippen molar-refractivity contribution in [2.45, 2.75) is 4.90 Å². The lowest BCUT2D eigenvalue weighted by Crippen LogP contribution is -2.51. The van der Waals surface area contributed by atoms with Crippen molar-refractivity contribution < 1.29 is 23.4 Å². The molecule has 1 heterocycles. The molecule has 2 N–H and O–H groups in total. The topological polar surface area (TPSA) is 94.9 Å². The maximum atomic E-state index is 12.2. The first-order valence-electron chi connectivity index (χ1n) is 5.50. The molecule has 1 saturated heterocycles. The zero-order chi connectivity index (χ0) is 14.2. The number of rotatable bonds is 4. The Morgan fingerprint density at radius 3 is 2.58 bits per heavy atom. The Morgan fingerprint density at radius 1 is 1.42 bits per heavy atom. The summed E-state index contributed by atoms with van der Waals surface area (Å²) in [7, 11) is -3.72. The summed E-state index contributed by atoms with van der Waals surface area (Å²) in [5.74, 6) is -1.33. The predicted octanol–water partition coefficient (Wildman–Crippen LogP) is 0.651. The number of carboxylic acids is 1. The van der Waals surface area contributed by atoms with E-state index < -0.39 is 16.0 Å². The van der Waals surface area contributed by atoms with E-state index in [1.54, 1.807) is 0 Å². The molecule has 8 heteroatoms. The van der Waals surface area contributed by atoms with Crippen LogP contribution < -0.4 is 0 Å². The molecule has 1 aliphatic rings. The third kappa shape index (κ3) is 2.59. The van der Waals surface area contributed by atoms with Crippen LogP contribution in [0.5, 0.6) is 0 Å². The second-order valence-corrected chi connectivity index (χ2v) is 6.66. The van der Waals surface area contributed by atoms with E-state index in [4.69, 9.17) is 21.8 Å². The Morgan fingerprint density at radius 2 is 2.05 bits per heavy atom. The highest BCUT2D eigenvalue weighted by molar-refractivity contribution is 7.89. The van der Waals surface area contributed by atoms with Gasteiger partial charge in [-0.15, -0.1) is 0 Å². The molecule has 1 fully saturated rings. The first-order valence-corrected chi connectivity index (χ1v) is 7.32. The zero-order valence-electron chi connectivity index (χ0n) is 9.78.